The maximum atomic E-state index is 11.5. The second-order valence-corrected chi connectivity index (χ2v) is 4.08. The number of hydrogen-bond donors (Lipinski definition) is 0. The third kappa shape index (κ3) is 3.47. The van der Waals surface area contributed by atoms with Gasteiger partial charge in [0.25, 0.3) is 0 Å². The minimum Gasteiger partial charge on any atom is -0.468 e. The van der Waals surface area contributed by atoms with E-state index in [2.05, 4.69) is 4.90 Å². The Bertz CT molecular complexity index is 208. The van der Waals surface area contributed by atoms with Gasteiger partial charge < -0.3 is 9.47 Å². The standard InChI is InChI=1S/C11H21NO3/c1-9(14-2)8-12-7-5-4-6-10(12)11(13)15-3/h9-10H,4-8H2,1-3H3. The molecule has 1 heterocycles. The van der Waals surface area contributed by atoms with Crippen LogP contribution in [-0.2, 0) is 14.3 Å². The van der Waals surface area contributed by atoms with Gasteiger partial charge >= 0.3 is 5.97 Å². The predicted octanol–water partition coefficient (Wildman–Crippen LogP) is 1.05. The molecule has 1 aliphatic rings. The predicted molar refractivity (Wildman–Crippen MR) is 57.7 cm³/mol. The largest absolute Gasteiger partial charge is 0.468 e. The Labute approximate surface area is 91.5 Å². The van der Waals surface area contributed by atoms with Crippen LogP contribution in [0.25, 0.3) is 0 Å². The van der Waals surface area contributed by atoms with Crippen LogP contribution in [0.1, 0.15) is 26.2 Å². The number of hydrogen-bond acceptors (Lipinski definition) is 4. The molecule has 0 bridgehead atoms. The number of methoxy groups -OCH3 is 2. The lowest BCUT2D eigenvalue weighted by Crippen LogP contribution is -2.48. The highest BCUT2D eigenvalue weighted by Crippen LogP contribution is 2.18. The van der Waals surface area contributed by atoms with E-state index in [4.69, 9.17) is 9.47 Å². The molecule has 1 aliphatic heterocycles. The van der Waals surface area contributed by atoms with Crippen LogP contribution in [0.3, 0.4) is 0 Å². The summed E-state index contributed by atoms with van der Waals surface area (Å²) in [6.07, 6.45) is 3.33. The third-order valence-electron chi connectivity index (χ3n) is 2.98. The normalized spacial score (nSPS) is 24.9. The fourth-order valence-electron chi connectivity index (χ4n) is 2.02. The second kappa shape index (κ2) is 6.08. The number of esters is 1. The lowest BCUT2D eigenvalue weighted by molar-refractivity contribution is -0.149. The first-order valence-corrected chi connectivity index (χ1v) is 5.53. The number of carbonyl (C=O) groups is 1. The first-order valence-electron chi connectivity index (χ1n) is 5.53. The van der Waals surface area contributed by atoms with Crippen LogP contribution < -0.4 is 0 Å². The van der Waals surface area contributed by atoms with E-state index in [1.165, 1.54) is 7.11 Å². The van der Waals surface area contributed by atoms with E-state index in [0.29, 0.717) is 0 Å². The fourth-order valence-corrected chi connectivity index (χ4v) is 2.02. The highest BCUT2D eigenvalue weighted by atomic mass is 16.5. The first kappa shape index (κ1) is 12.5. The maximum absolute atomic E-state index is 11.5. The maximum Gasteiger partial charge on any atom is 0.323 e. The van der Waals surface area contributed by atoms with E-state index < -0.39 is 0 Å². The van der Waals surface area contributed by atoms with Gasteiger partial charge in [-0.15, -0.1) is 0 Å². The van der Waals surface area contributed by atoms with Crippen molar-refractivity contribution in [2.45, 2.75) is 38.3 Å². The van der Waals surface area contributed by atoms with Gasteiger partial charge in [-0.2, -0.15) is 0 Å². The summed E-state index contributed by atoms with van der Waals surface area (Å²) < 4.78 is 10.0. The van der Waals surface area contributed by atoms with Crippen molar-refractivity contribution in [1.82, 2.24) is 4.90 Å². The Morgan fingerprint density at radius 3 is 2.80 bits per heavy atom. The molecule has 15 heavy (non-hydrogen) atoms. The van der Waals surface area contributed by atoms with Crippen LogP contribution in [-0.4, -0.2) is 50.3 Å². The average Bonchev–Trinajstić information content (AvgIpc) is 2.28. The summed E-state index contributed by atoms with van der Waals surface area (Å²) in [5.74, 6) is -0.113. The van der Waals surface area contributed by atoms with E-state index in [0.717, 1.165) is 32.4 Å². The number of likely N-dealkylation sites (tertiary alicyclic amines) is 1. The molecule has 4 heteroatoms. The van der Waals surface area contributed by atoms with Gasteiger partial charge in [0.2, 0.25) is 0 Å². The van der Waals surface area contributed by atoms with Gasteiger partial charge in [0.15, 0.2) is 0 Å². The molecule has 0 saturated carbocycles. The number of carbonyl (C=O) groups excluding carboxylic acids is 1. The second-order valence-electron chi connectivity index (χ2n) is 4.08. The van der Waals surface area contributed by atoms with Crippen molar-refractivity contribution >= 4 is 5.97 Å². The van der Waals surface area contributed by atoms with Gasteiger partial charge in [-0.25, -0.2) is 0 Å². The smallest absolute Gasteiger partial charge is 0.323 e. The van der Waals surface area contributed by atoms with Gasteiger partial charge in [-0.1, -0.05) is 6.42 Å². The van der Waals surface area contributed by atoms with Crippen molar-refractivity contribution in [3.63, 3.8) is 0 Å². The number of piperidine rings is 1. The van der Waals surface area contributed by atoms with Gasteiger partial charge in [0.1, 0.15) is 6.04 Å². The molecule has 4 nitrogen and oxygen atoms in total. The van der Waals surface area contributed by atoms with Gasteiger partial charge in [-0.05, 0) is 26.3 Å². The summed E-state index contributed by atoms with van der Waals surface area (Å²) in [4.78, 5) is 13.7. The van der Waals surface area contributed by atoms with E-state index in [1.807, 2.05) is 6.92 Å². The Morgan fingerprint density at radius 2 is 2.20 bits per heavy atom. The van der Waals surface area contributed by atoms with Gasteiger partial charge in [0.05, 0.1) is 13.2 Å². The molecular weight excluding hydrogens is 194 g/mol. The summed E-state index contributed by atoms with van der Waals surface area (Å²) in [7, 11) is 3.15. The Kier molecular flexibility index (Phi) is 5.05. The van der Waals surface area contributed by atoms with Crippen LogP contribution in [0.2, 0.25) is 0 Å². The van der Waals surface area contributed by atoms with E-state index in [1.54, 1.807) is 7.11 Å². The molecule has 0 radical (unpaired) electrons. The molecule has 0 aromatic rings. The molecule has 0 spiro atoms. The Hall–Kier alpha value is -0.610. The van der Waals surface area contributed by atoms with Crippen molar-refractivity contribution in [2.24, 2.45) is 0 Å². The highest BCUT2D eigenvalue weighted by Gasteiger charge is 2.29. The quantitative estimate of drug-likeness (QED) is 0.657. The highest BCUT2D eigenvalue weighted by molar-refractivity contribution is 5.75. The molecule has 0 aromatic heterocycles. The molecule has 2 atom stereocenters. The molecular formula is C11H21NO3. The van der Waals surface area contributed by atoms with Crippen molar-refractivity contribution in [3.8, 4) is 0 Å². The zero-order valence-corrected chi connectivity index (χ0v) is 9.86. The van der Waals surface area contributed by atoms with E-state index >= 15 is 0 Å². The SMILES string of the molecule is COC(=O)C1CCCCN1CC(C)OC. The molecule has 0 aliphatic carbocycles. The van der Waals surface area contributed by atoms with E-state index in [-0.39, 0.29) is 18.1 Å². The number of nitrogens with zero attached hydrogens (tertiary/aromatic N) is 1. The van der Waals surface area contributed by atoms with Crippen molar-refractivity contribution in [1.29, 1.82) is 0 Å². The van der Waals surface area contributed by atoms with Gasteiger partial charge in [-0.3, -0.25) is 9.69 Å². The number of rotatable bonds is 4. The van der Waals surface area contributed by atoms with Gasteiger partial charge in [0, 0.05) is 13.7 Å². The zero-order valence-electron chi connectivity index (χ0n) is 9.86. The summed E-state index contributed by atoms with van der Waals surface area (Å²) in [6, 6.07) is -0.0682. The summed E-state index contributed by atoms with van der Waals surface area (Å²) in [5.41, 5.74) is 0. The van der Waals surface area contributed by atoms with Crippen LogP contribution in [0.5, 0.6) is 0 Å². The summed E-state index contributed by atoms with van der Waals surface area (Å²) in [6.45, 7) is 3.78. The average molecular weight is 215 g/mol. The molecule has 88 valence electrons. The minimum atomic E-state index is -0.113. The topological polar surface area (TPSA) is 38.8 Å². The first-order chi connectivity index (χ1) is 7.19. The fraction of sp³-hybridized carbons (Fsp3) is 0.909. The molecule has 2 unspecified atom stereocenters. The van der Waals surface area contributed by atoms with Crippen LogP contribution in [0.4, 0.5) is 0 Å². The van der Waals surface area contributed by atoms with Crippen LogP contribution in [0.15, 0.2) is 0 Å². The monoisotopic (exact) mass is 215 g/mol. The van der Waals surface area contributed by atoms with Crippen LogP contribution in [0, 0.1) is 0 Å². The molecule has 1 rings (SSSR count). The molecule has 1 saturated heterocycles. The molecule has 0 N–H and O–H groups in total. The van der Waals surface area contributed by atoms with Crippen LogP contribution >= 0.6 is 0 Å². The summed E-state index contributed by atoms with van der Waals surface area (Å²) in [5, 5.41) is 0. The molecule has 0 amide bonds. The number of ether oxygens (including phenoxy) is 2. The molecule has 0 aromatic carbocycles. The van der Waals surface area contributed by atoms with Crippen molar-refractivity contribution in [3.05, 3.63) is 0 Å². The van der Waals surface area contributed by atoms with E-state index in [9.17, 15) is 4.79 Å². The molecule has 1 fully saturated rings. The lowest BCUT2D eigenvalue weighted by Gasteiger charge is -2.34. The minimum absolute atomic E-state index is 0.0682. The Balaban J connectivity index is 2.53. The zero-order chi connectivity index (χ0) is 11.3. The lowest BCUT2D eigenvalue weighted by atomic mass is 10.0. The summed E-state index contributed by atoms with van der Waals surface area (Å²) >= 11 is 0. The third-order valence-corrected chi connectivity index (χ3v) is 2.98. The van der Waals surface area contributed by atoms with Crippen molar-refractivity contribution < 1.29 is 14.3 Å². The van der Waals surface area contributed by atoms with Crippen molar-refractivity contribution in [2.75, 3.05) is 27.3 Å². The Morgan fingerprint density at radius 1 is 1.47 bits per heavy atom.